The van der Waals surface area contributed by atoms with Gasteiger partial charge < -0.3 is 9.84 Å². The molecule has 1 heterocycles. The first-order valence-corrected chi connectivity index (χ1v) is 1.85. The summed E-state index contributed by atoms with van der Waals surface area (Å²) < 4.78 is 4.33. The number of carbonyl (C=O) groups is 1. The molecule has 0 aromatic carbocycles. The first-order chi connectivity index (χ1) is 3.29. The summed E-state index contributed by atoms with van der Waals surface area (Å²) in [6.07, 6.45) is 1.06. The molecule has 0 aromatic heterocycles. The highest BCUT2D eigenvalue weighted by atomic mass is 16.6. The summed E-state index contributed by atoms with van der Waals surface area (Å²) in [5.74, 6) is -0.456. The number of aliphatic hydroxyl groups is 1. The van der Waals surface area contributed by atoms with E-state index in [1.807, 2.05) is 0 Å². The average Bonchev–Trinajstić information content (AvgIpc) is 1.87. The summed E-state index contributed by atoms with van der Waals surface area (Å²) in [6, 6.07) is 0. The van der Waals surface area contributed by atoms with Crippen LogP contribution in [0.3, 0.4) is 0 Å². The second-order valence-electron chi connectivity index (χ2n) is 1.24. The smallest absolute Gasteiger partial charge is 0.280 e. The highest BCUT2D eigenvalue weighted by Gasteiger charge is 2.09. The zero-order valence-electron chi connectivity index (χ0n) is 3.55. The van der Waals surface area contributed by atoms with Crippen LogP contribution in [0.5, 0.6) is 0 Å². The fourth-order valence-corrected chi connectivity index (χ4v) is 0.366. The largest absolute Gasteiger partial charge is 0.481 e. The van der Waals surface area contributed by atoms with Crippen molar-refractivity contribution in [1.82, 2.24) is 0 Å². The fraction of sp³-hybridized carbons (Fsp3) is 0.250. The molecule has 7 heavy (non-hydrogen) atoms. The third-order valence-corrected chi connectivity index (χ3v) is 0.647. The maximum Gasteiger partial charge on any atom is 0.280 e. The molecule has 0 aliphatic carbocycles. The van der Waals surface area contributed by atoms with Crippen molar-refractivity contribution in [3.63, 3.8) is 0 Å². The SMILES string of the molecule is O=C1C=C(O)OC1. The number of rotatable bonds is 0. The summed E-state index contributed by atoms with van der Waals surface area (Å²) in [5.41, 5.74) is 0. The summed E-state index contributed by atoms with van der Waals surface area (Å²) in [7, 11) is 0. The van der Waals surface area contributed by atoms with Crippen LogP contribution in [0, 0.1) is 0 Å². The Kier molecular flexibility index (Phi) is 0.749. The van der Waals surface area contributed by atoms with Crippen molar-refractivity contribution in [3.8, 4) is 0 Å². The van der Waals surface area contributed by atoms with Gasteiger partial charge in [-0.15, -0.1) is 0 Å². The Labute approximate surface area is 40.2 Å². The van der Waals surface area contributed by atoms with Crippen molar-refractivity contribution in [3.05, 3.63) is 12.0 Å². The third kappa shape index (κ3) is 0.707. The van der Waals surface area contributed by atoms with Gasteiger partial charge in [0, 0.05) is 0 Å². The van der Waals surface area contributed by atoms with Gasteiger partial charge in [0.1, 0.15) is 0 Å². The van der Waals surface area contributed by atoms with Crippen LogP contribution in [-0.4, -0.2) is 17.5 Å². The lowest BCUT2D eigenvalue weighted by Crippen LogP contribution is -1.92. The van der Waals surface area contributed by atoms with Crippen LogP contribution < -0.4 is 0 Å². The van der Waals surface area contributed by atoms with Crippen molar-refractivity contribution in [1.29, 1.82) is 0 Å². The minimum Gasteiger partial charge on any atom is -0.481 e. The van der Waals surface area contributed by atoms with E-state index in [9.17, 15) is 4.79 Å². The molecule has 0 saturated carbocycles. The lowest BCUT2D eigenvalue weighted by atomic mass is 10.4. The van der Waals surface area contributed by atoms with Gasteiger partial charge in [0.15, 0.2) is 12.4 Å². The van der Waals surface area contributed by atoms with E-state index in [2.05, 4.69) is 4.74 Å². The highest BCUT2D eigenvalue weighted by molar-refractivity contribution is 5.92. The number of aliphatic hydroxyl groups excluding tert-OH is 1. The Morgan fingerprint density at radius 3 is 2.71 bits per heavy atom. The zero-order valence-corrected chi connectivity index (χ0v) is 3.55. The second-order valence-corrected chi connectivity index (χ2v) is 1.24. The van der Waals surface area contributed by atoms with Crippen LogP contribution in [0.4, 0.5) is 0 Å². The summed E-state index contributed by atoms with van der Waals surface area (Å²) in [5, 5.41) is 8.32. The molecule has 0 atom stereocenters. The van der Waals surface area contributed by atoms with Crippen LogP contribution in [-0.2, 0) is 9.53 Å². The minimum absolute atomic E-state index is 0.00810. The quantitative estimate of drug-likeness (QED) is 0.465. The molecule has 1 rings (SSSR count). The summed E-state index contributed by atoms with van der Waals surface area (Å²) in [4.78, 5) is 10.1. The molecule has 3 heteroatoms. The van der Waals surface area contributed by atoms with Gasteiger partial charge in [-0.3, -0.25) is 4.79 Å². The molecule has 0 amide bonds. The molecule has 0 bridgehead atoms. The molecule has 3 nitrogen and oxygen atoms in total. The number of hydrogen-bond donors (Lipinski definition) is 1. The third-order valence-electron chi connectivity index (χ3n) is 0.647. The first kappa shape index (κ1) is 4.18. The molecule has 0 aromatic rings. The predicted molar refractivity (Wildman–Crippen MR) is 21.7 cm³/mol. The lowest BCUT2D eigenvalue weighted by Gasteiger charge is -1.86. The van der Waals surface area contributed by atoms with Gasteiger partial charge in [0.05, 0.1) is 6.08 Å². The van der Waals surface area contributed by atoms with E-state index in [0.717, 1.165) is 6.08 Å². The number of ether oxygens (including phenoxy) is 1. The maximum atomic E-state index is 10.1. The first-order valence-electron chi connectivity index (χ1n) is 1.85. The van der Waals surface area contributed by atoms with Gasteiger partial charge in [0.2, 0.25) is 0 Å². The average molecular weight is 100 g/mol. The number of carbonyl (C=O) groups excluding carboxylic acids is 1. The van der Waals surface area contributed by atoms with Gasteiger partial charge in [0.25, 0.3) is 5.95 Å². The monoisotopic (exact) mass is 100 g/mol. The van der Waals surface area contributed by atoms with Crippen LogP contribution in [0.1, 0.15) is 0 Å². The Hall–Kier alpha value is -0.990. The van der Waals surface area contributed by atoms with Crippen molar-refractivity contribution in [2.75, 3.05) is 6.61 Å². The van der Waals surface area contributed by atoms with Crippen molar-refractivity contribution >= 4 is 5.78 Å². The molecule has 0 saturated heterocycles. The Balaban J connectivity index is 2.67. The zero-order chi connectivity index (χ0) is 5.28. The molecule has 38 valence electrons. The Morgan fingerprint density at radius 2 is 2.57 bits per heavy atom. The van der Waals surface area contributed by atoms with Crippen molar-refractivity contribution in [2.45, 2.75) is 0 Å². The van der Waals surface area contributed by atoms with Crippen LogP contribution in [0.15, 0.2) is 12.0 Å². The van der Waals surface area contributed by atoms with E-state index in [1.54, 1.807) is 0 Å². The van der Waals surface area contributed by atoms with E-state index in [0.29, 0.717) is 0 Å². The van der Waals surface area contributed by atoms with E-state index in [4.69, 9.17) is 5.11 Å². The molecular weight excluding hydrogens is 96.0 g/mol. The van der Waals surface area contributed by atoms with Crippen LogP contribution in [0.25, 0.3) is 0 Å². The van der Waals surface area contributed by atoms with Gasteiger partial charge in [-0.1, -0.05) is 0 Å². The standard InChI is InChI=1S/C4H4O3/c5-3-1-4(6)7-2-3/h1,6H,2H2. The van der Waals surface area contributed by atoms with Crippen LogP contribution >= 0.6 is 0 Å². The van der Waals surface area contributed by atoms with Crippen LogP contribution in [0.2, 0.25) is 0 Å². The number of hydrogen-bond acceptors (Lipinski definition) is 3. The predicted octanol–water partition coefficient (Wildman–Crippen LogP) is -0.0149. The molecule has 1 N–H and O–H groups in total. The molecule has 1 aliphatic heterocycles. The van der Waals surface area contributed by atoms with Gasteiger partial charge in [-0.25, -0.2) is 0 Å². The summed E-state index contributed by atoms with van der Waals surface area (Å²) >= 11 is 0. The van der Waals surface area contributed by atoms with Crippen molar-refractivity contribution in [2.24, 2.45) is 0 Å². The number of ketones is 1. The molecule has 0 unspecified atom stereocenters. The van der Waals surface area contributed by atoms with E-state index in [1.165, 1.54) is 0 Å². The fourth-order valence-electron chi connectivity index (χ4n) is 0.366. The normalized spacial score (nSPS) is 18.9. The topological polar surface area (TPSA) is 46.5 Å². The highest BCUT2D eigenvalue weighted by Crippen LogP contribution is 1.99. The molecule has 0 fully saturated rings. The van der Waals surface area contributed by atoms with E-state index in [-0.39, 0.29) is 18.3 Å². The molecule has 0 spiro atoms. The van der Waals surface area contributed by atoms with Gasteiger partial charge in [-0.2, -0.15) is 0 Å². The van der Waals surface area contributed by atoms with Gasteiger partial charge >= 0.3 is 0 Å². The second kappa shape index (κ2) is 1.26. The molecule has 0 radical (unpaired) electrons. The van der Waals surface area contributed by atoms with E-state index >= 15 is 0 Å². The summed E-state index contributed by atoms with van der Waals surface area (Å²) in [6.45, 7) is -0.00810. The van der Waals surface area contributed by atoms with E-state index < -0.39 is 0 Å². The molecular formula is C4H4O3. The van der Waals surface area contributed by atoms with Gasteiger partial charge in [-0.05, 0) is 0 Å². The van der Waals surface area contributed by atoms with Crippen molar-refractivity contribution < 1.29 is 14.6 Å². The Morgan fingerprint density at radius 1 is 1.86 bits per heavy atom. The lowest BCUT2D eigenvalue weighted by molar-refractivity contribution is -0.116. The molecule has 1 aliphatic rings. The Bertz CT molecular complexity index is 125. The minimum atomic E-state index is -0.273. The maximum absolute atomic E-state index is 10.1.